The summed E-state index contributed by atoms with van der Waals surface area (Å²) >= 11 is 0. The molecule has 31 heavy (non-hydrogen) atoms. The predicted octanol–water partition coefficient (Wildman–Crippen LogP) is 2.88. The maximum atomic E-state index is 13.1. The topological polar surface area (TPSA) is 107 Å². The SMILES string of the molecule is CCc1ccccc1NC(=O)[C@@H]1CC(=O)Nc2nc(N3C[C@H](C)C[C@H](C)C3)[nH]c(=O)c21. The lowest BCUT2D eigenvalue weighted by Gasteiger charge is -2.35. The standard InChI is InChI=1S/C23H29N5O3/c1-4-15-7-5-6-8-17(15)24-21(30)16-10-18(29)25-20-19(16)22(31)27-23(26-20)28-11-13(2)9-14(3)12-28/h5-8,13-14,16H,4,9-12H2,1-3H3,(H,24,30)(H2,25,26,27,29,31)/t13-,14+,16-/m1/s1. The fourth-order valence-corrected chi connectivity index (χ4v) is 4.74. The van der Waals surface area contributed by atoms with Crippen molar-refractivity contribution in [1.29, 1.82) is 0 Å². The summed E-state index contributed by atoms with van der Waals surface area (Å²) in [7, 11) is 0. The van der Waals surface area contributed by atoms with Crippen molar-refractivity contribution >= 4 is 29.3 Å². The number of carbonyl (C=O) groups excluding carboxylic acids is 2. The molecule has 4 rings (SSSR count). The van der Waals surface area contributed by atoms with Crippen LogP contribution in [0.4, 0.5) is 17.5 Å². The Hall–Kier alpha value is -3.16. The average Bonchev–Trinajstić information content (AvgIpc) is 2.72. The number of carbonyl (C=O) groups is 2. The van der Waals surface area contributed by atoms with Gasteiger partial charge < -0.3 is 15.5 Å². The molecule has 1 fully saturated rings. The highest BCUT2D eigenvalue weighted by atomic mass is 16.2. The van der Waals surface area contributed by atoms with Gasteiger partial charge in [-0.1, -0.05) is 39.0 Å². The highest BCUT2D eigenvalue weighted by Gasteiger charge is 2.35. The Balaban J connectivity index is 1.65. The maximum Gasteiger partial charge on any atom is 0.258 e. The highest BCUT2D eigenvalue weighted by Crippen LogP contribution is 2.32. The van der Waals surface area contributed by atoms with E-state index in [1.165, 1.54) is 0 Å². The number of hydrogen-bond acceptors (Lipinski definition) is 5. The molecule has 0 bridgehead atoms. The molecule has 164 valence electrons. The molecule has 0 aliphatic carbocycles. The number of aromatic amines is 1. The molecule has 3 atom stereocenters. The van der Waals surface area contributed by atoms with E-state index in [0.717, 1.165) is 31.5 Å². The van der Waals surface area contributed by atoms with E-state index < -0.39 is 5.92 Å². The number of nitrogens with zero attached hydrogens (tertiary/aromatic N) is 2. The lowest BCUT2D eigenvalue weighted by molar-refractivity contribution is -0.123. The minimum atomic E-state index is -0.891. The monoisotopic (exact) mass is 423 g/mol. The van der Waals surface area contributed by atoms with Gasteiger partial charge in [0, 0.05) is 25.2 Å². The maximum absolute atomic E-state index is 13.1. The molecule has 1 saturated heterocycles. The largest absolute Gasteiger partial charge is 0.342 e. The van der Waals surface area contributed by atoms with Crippen LogP contribution in [0.2, 0.25) is 0 Å². The van der Waals surface area contributed by atoms with Crippen molar-refractivity contribution in [3.8, 4) is 0 Å². The van der Waals surface area contributed by atoms with E-state index in [1.54, 1.807) is 0 Å². The molecule has 2 aliphatic heterocycles. The highest BCUT2D eigenvalue weighted by molar-refractivity contribution is 6.04. The number of amides is 2. The van der Waals surface area contributed by atoms with Crippen LogP contribution in [0.15, 0.2) is 29.1 Å². The normalized spacial score (nSPS) is 23.1. The van der Waals surface area contributed by atoms with Crippen molar-refractivity contribution in [2.45, 2.75) is 46.0 Å². The molecule has 0 radical (unpaired) electrons. The molecule has 0 spiro atoms. The number of nitrogens with one attached hydrogen (secondary N) is 3. The fourth-order valence-electron chi connectivity index (χ4n) is 4.74. The van der Waals surface area contributed by atoms with E-state index in [2.05, 4.69) is 34.4 Å². The van der Waals surface area contributed by atoms with Crippen molar-refractivity contribution < 1.29 is 9.59 Å². The minimum Gasteiger partial charge on any atom is -0.342 e. The second-order valence-electron chi connectivity index (χ2n) is 8.81. The fraction of sp³-hybridized carbons (Fsp3) is 0.478. The zero-order chi connectivity index (χ0) is 22.1. The molecule has 0 unspecified atom stereocenters. The Morgan fingerprint density at radius 2 is 1.90 bits per heavy atom. The quantitative estimate of drug-likeness (QED) is 0.701. The van der Waals surface area contributed by atoms with E-state index in [0.29, 0.717) is 23.5 Å². The van der Waals surface area contributed by atoms with Crippen molar-refractivity contribution in [1.82, 2.24) is 9.97 Å². The first-order valence-electron chi connectivity index (χ1n) is 10.9. The van der Waals surface area contributed by atoms with Gasteiger partial charge in [-0.25, -0.2) is 0 Å². The number of hydrogen-bond donors (Lipinski definition) is 3. The van der Waals surface area contributed by atoms with Gasteiger partial charge in [0.25, 0.3) is 5.56 Å². The van der Waals surface area contributed by atoms with Gasteiger partial charge in [0.2, 0.25) is 17.8 Å². The van der Waals surface area contributed by atoms with Gasteiger partial charge in [-0.15, -0.1) is 0 Å². The number of piperidine rings is 1. The number of anilines is 3. The number of para-hydroxylation sites is 1. The zero-order valence-corrected chi connectivity index (χ0v) is 18.2. The van der Waals surface area contributed by atoms with E-state index in [1.807, 2.05) is 36.1 Å². The van der Waals surface area contributed by atoms with Gasteiger partial charge in [0.15, 0.2) is 0 Å². The molecule has 8 heteroatoms. The number of fused-ring (bicyclic) bond motifs is 1. The molecule has 2 aromatic rings. The van der Waals surface area contributed by atoms with Crippen LogP contribution in [0.3, 0.4) is 0 Å². The molecule has 1 aromatic carbocycles. The first-order valence-corrected chi connectivity index (χ1v) is 10.9. The molecule has 8 nitrogen and oxygen atoms in total. The molecule has 3 heterocycles. The number of H-pyrrole nitrogens is 1. The Labute approximate surface area is 181 Å². The van der Waals surface area contributed by atoms with Crippen LogP contribution in [0.1, 0.15) is 50.7 Å². The summed E-state index contributed by atoms with van der Waals surface area (Å²) < 4.78 is 0. The zero-order valence-electron chi connectivity index (χ0n) is 18.2. The average molecular weight is 424 g/mol. The van der Waals surface area contributed by atoms with Crippen LogP contribution >= 0.6 is 0 Å². The van der Waals surface area contributed by atoms with Crippen LogP contribution in [0.5, 0.6) is 0 Å². The van der Waals surface area contributed by atoms with Gasteiger partial charge in [-0.3, -0.25) is 19.4 Å². The Morgan fingerprint density at radius 3 is 2.61 bits per heavy atom. The number of benzene rings is 1. The summed E-state index contributed by atoms with van der Waals surface area (Å²) in [5, 5.41) is 5.60. The molecule has 0 saturated carbocycles. The van der Waals surface area contributed by atoms with Gasteiger partial charge in [0.1, 0.15) is 5.82 Å². The summed E-state index contributed by atoms with van der Waals surface area (Å²) in [5.74, 6) is 0.00889. The lowest BCUT2D eigenvalue weighted by atomic mass is 9.91. The number of aromatic nitrogens is 2. The smallest absolute Gasteiger partial charge is 0.258 e. The van der Waals surface area contributed by atoms with Crippen LogP contribution < -0.4 is 21.1 Å². The van der Waals surface area contributed by atoms with Crippen molar-refractivity contribution in [3.63, 3.8) is 0 Å². The minimum absolute atomic E-state index is 0.0883. The van der Waals surface area contributed by atoms with Gasteiger partial charge in [0.05, 0.1) is 11.5 Å². The number of aryl methyl sites for hydroxylation is 1. The molecular weight excluding hydrogens is 394 g/mol. The van der Waals surface area contributed by atoms with Crippen molar-refractivity contribution in [3.05, 3.63) is 45.7 Å². The summed E-state index contributed by atoms with van der Waals surface area (Å²) in [4.78, 5) is 47.9. The lowest BCUT2D eigenvalue weighted by Crippen LogP contribution is -2.42. The van der Waals surface area contributed by atoms with E-state index in [-0.39, 0.29) is 35.2 Å². The molecule has 1 aromatic heterocycles. The summed E-state index contributed by atoms with van der Waals surface area (Å²) in [6.07, 6.45) is 1.80. The number of rotatable bonds is 4. The third kappa shape index (κ3) is 4.33. The van der Waals surface area contributed by atoms with Crippen molar-refractivity contribution in [2.24, 2.45) is 11.8 Å². The first-order chi connectivity index (χ1) is 14.9. The van der Waals surface area contributed by atoms with Crippen LogP contribution in [0, 0.1) is 11.8 Å². The van der Waals surface area contributed by atoms with Crippen LogP contribution in [-0.4, -0.2) is 34.9 Å². The van der Waals surface area contributed by atoms with Crippen LogP contribution in [-0.2, 0) is 16.0 Å². The third-order valence-corrected chi connectivity index (χ3v) is 6.08. The van der Waals surface area contributed by atoms with E-state index in [4.69, 9.17) is 0 Å². The predicted molar refractivity (Wildman–Crippen MR) is 120 cm³/mol. The van der Waals surface area contributed by atoms with Gasteiger partial charge in [-0.2, -0.15) is 4.98 Å². The Morgan fingerprint density at radius 1 is 1.19 bits per heavy atom. The summed E-state index contributed by atoms with van der Waals surface area (Å²) in [6.45, 7) is 7.94. The summed E-state index contributed by atoms with van der Waals surface area (Å²) in [5.41, 5.74) is 1.52. The van der Waals surface area contributed by atoms with Gasteiger partial charge >= 0.3 is 0 Å². The van der Waals surface area contributed by atoms with Gasteiger partial charge in [-0.05, 0) is 36.3 Å². The Kier molecular flexibility index (Phi) is 5.80. The second kappa shape index (κ2) is 8.53. The first kappa shape index (κ1) is 21.1. The second-order valence-corrected chi connectivity index (χ2v) is 8.81. The van der Waals surface area contributed by atoms with E-state index in [9.17, 15) is 14.4 Å². The van der Waals surface area contributed by atoms with Crippen molar-refractivity contribution in [2.75, 3.05) is 28.6 Å². The van der Waals surface area contributed by atoms with Crippen LogP contribution in [0.25, 0.3) is 0 Å². The molecule has 2 aliphatic rings. The third-order valence-electron chi connectivity index (χ3n) is 6.08. The molecule has 3 N–H and O–H groups in total. The van der Waals surface area contributed by atoms with E-state index >= 15 is 0 Å². The molecule has 2 amide bonds. The molecular formula is C23H29N5O3. The Bertz CT molecular complexity index is 1050. The summed E-state index contributed by atoms with van der Waals surface area (Å²) in [6, 6.07) is 7.52.